The Labute approximate surface area is 157 Å². The number of carbonyl (C=O) groups is 1. The third-order valence-corrected chi connectivity index (χ3v) is 5.09. The van der Waals surface area contributed by atoms with E-state index in [0.717, 1.165) is 51.0 Å². The zero-order valence-corrected chi connectivity index (χ0v) is 15.3. The van der Waals surface area contributed by atoms with Crippen molar-refractivity contribution in [3.63, 3.8) is 0 Å². The lowest BCUT2D eigenvalue weighted by Gasteiger charge is -2.44. The van der Waals surface area contributed by atoms with Gasteiger partial charge in [-0.1, -0.05) is 0 Å². The number of piperidine rings is 2. The molecule has 9 heteroatoms. The van der Waals surface area contributed by atoms with Crippen LogP contribution >= 0.6 is 24.8 Å². The van der Waals surface area contributed by atoms with E-state index in [4.69, 9.17) is 0 Å². The van der Waals surface area contributed by atoms with Crippen molar-refractivity contribution >= 4 is 30.7 Å². The summed E-state index contributed by atoms with van der Waals surface area (Å²) in [6.45, 7) is 3.35. The zero-order chi connectivity index (χ0) is 16.5. The van der Waals surface area contributed by atoms with Crippen LogP contribution in [0.2, 0.25) is 0 Å². The molecule has 2 aliphatic rings. The Morgan fingerprint density at radius 1 is 1.08 bits per heavy atom. The third kappa shape index (κ3) is 4.99. The van der Waals surface area contributed by atoms with Gasteiger partial charge in [0.15, 0.2) is 0 Å². The molecule has 1 N–H and O–H groups in total. The quantitative estimate of drug-likeness (QED) is 0.785. The monoisotopic (exact) mass is 399 g/mol. The number of hydrogen-bond acceptors (Lipinski definition) is 3. The van der Waals surface area contributed by atoms with Gasteiger partial charge in [0.25, 0.3) is 5.91 Å². The van der Waals surface area contributed by atoms with E-state index in [2.05, 4.69) is 10.3 Å². The van der Waals surface area contributed by atoms with E-state index < -0.39 is 11.7 Å². The highest BCUT2D eigenvalue weighted by molar-refractivity contribution is 5.92. The number of carbonyl (C=O) groups excluding carboxylic acids is 1. The Kier molecular flexibility index (Phi) is 7.53. The van der Waals surface area contributed by atoms with Crippen molar-refractivity contribution in [2.24, 2.45) is 5.41 Å². The Bertz CT molecular complexity index is 565. The third-order valence-electron chi connectivity index (χ3n) is 5.09. The van der Waals surface area contributed by atoms with Gasteiger partial charge < -0.3 is 10.2 Å². The maximum absolute atomic E-state index is 12.5. The molecule has 2 aliphatic heterocycles. The van der Waals surface area contributed by atoms with E-state index in [1.54, 1.807) is 4.90 Å². The van der Waals surface area contributed by atoms with Crippen LogP contribution in [0.15, 0.2) is 18.3 Å². The molecule has 1 aromatic heterocycles. The zero-order valence-electron chi connectivity index (χ0n) is 13.6. The molecule has 0 unspecified atom stereocenters. The fourth-order valence-corrected chi connectivity index (χ4v) is 3.49. The van der Waals surface area contributed by atoms with Crippen molar-refractivity contribution in [3.05, 3.63) is 29.6 Å². The van der Waals surface area contributed by atoms with Crippen LogP contribution in [-0.2, 0) is 6.18 Å². The van der Waals surface area contributed by atoms with Gasteiger partial charge in [-0.2, -0.15) is 13.2 Å². The Hall–Kier alpha value is -1.05. The maximum atomic E-state index is 12.5. The molecule has 1 spiro atoms. The number of rotatable bonds is 1. The van der Waals surface area contributed by atoms with Gasteiger partial charge in [0.05, 0.1) is 5.56 Å². The van der Waals surface area contributed by atoms with Crippen molar-refractivity contribution in [1.29, 1.82) is 0 Å². The second-order valence-corrected chi connectivity index (χ2v) is 6.47. The highest BCUT2D eigenvalue weighted by atomic mass is 35.5. The summed E-state index contributed by atoms with van der Waals surface area (Å²) in [6.07, 6.45) is 0.482. The van der Waals surface area contributed by atoms with Crippen LogP contribution in [0.1, 0.15) is 41.7 Å². The Morgan fingerprint density at radius 2 is 1.68 bits per heavy atom. The fourth-order valence-electron chi connectivity index (χ4n) is 3.49. The summed E-state index contributed by atoms with van der Waals surface area (Å²) in [7, 11) is 0. The van der Waals surface area contributed by atoms with Gasteiger partial charge in [-0.15, -0.1) is 24.8 Å². The number of likely N-dealkylation sites (tertiary alicyclic amines) is 1. The maximum Gasteiger partial charge on any atom is 0.417 e. The molecule has 2 fully saturated rings. The minimum atomic E-state index is -4.43. The lowest BCUT2D eigenvalue weighted by atomic mass is 9.71. The first-order valence-corrected chi connectivity index (χ1v) is 7.93. The van der Waals surface area contributed by atoms with E-state index in [1.165, 1.54) is 6.07 Å². The number of amides is 1. The van der Waals surface area contributed by atoms with Crippen LogP contribution in [0.4, 0.5) is 13.2 Å². The van der Waals surface area contributed by atoms with Crippen LogP contribution in [0.25, 0.3) is 0 Å². The number of hydrogen-bond donors (Lipinski definition) is 1. The van der Waals surface area contributed by atoms with Crippen LogP contribution in [0, 0.1) is 5.41 Å². The van der Waals surface area contributed by atoms with E-state index in [1.807, 2.05) is 0 Å². The molecule has 0 bridgehead atoms. The minimum absolute atomic E-state index is 0. The summed E-state index contributed by atoms with van der Waals surface area (Å²) in [5.41, 5.74) is -0.420. The molecular weight excluding hydrogens is 378 g/mol. The molecule has 1 amide bonds. The highest BCUT2D eigenvalue weighted by Gasteiger charge is 2.37. The fraction of sp³-hybridized carbons (Fsp3) is 0.625. The van der Waals surface area contributed by atoms with Gasteiger partial charge in [0.2, 0.25) is 0 Å². The van der Waals surface area contributed by atoms with E-state index in [9.17, 15) is 18.0 Å². The van der Waals surface area contributed by atoms with Crippen molar-refractivity contribution in [2.75, 3.05) is 26.2 Å². The number of nitrogens with one attached hydrogen (secondary N) is 1. The lowest BCUT2D eigenvalue weighted by molar-refractivity contribution is -0.137. The molecule has 1 aromatic rings. The summed E-state index contributed by atoms with van der Waals surface area (Å²) in [5.74, 6) is -0.275. The molecule has 2 saturated heterocycles. The van der Waals surface area contributed by atoms with E-state index in [-0.39, 0.29) is 36.4 Å². The number of halogens is 5. The van der Waals surface area contributed by atoms with Gasteiger partial charge in [0, 0.05) is 19.3 Å². The summed E-state index contributed by atoms with van der Waals surface area (Å²) in [5, 5.41) is 3.35. The standard InChI is InChI=1S/C16H20F3N3O.2ClH/c17-16(18,19)12-1-2-13(21-11-12)14(23)22-9-5-15(6-10-22)3-7-20-8-4-15;;/h1-2,11,20H,3-10H2;2*1H. The first-order chi connectivity index (χ1) is 10.9. The average molecular weight is 400 g/mol. The minimum Gasteiger partial charge on any atom is -0.337 e. The molecule has 3 heterocycles. The van der Waals surface area contributed by atoms with Crippen LogP contribution in [0.3, 0.4) is 0 Å². The number of alkyl halides is 3. The molecule has 0 radical (unpaired) electrons. The smallest absolute Gasteiger partial charge is 0.337 e. The number of nitrogens with zero attached hydrogens (tertiary/aromatic N) is 2. The predicted molar refractivity (Wildman–Crippen MR) is 93.4 cm³/mol. The summed E-state index contributed by atoms with van der Waals surface area (Å²) in [4.78, 5) is 17.8. The van der Waals surface area contributed by atoms with Gasteiger partial charge in [-0.05, 0) is 56.3 Å². The van der Waals surface area contributed by atoms with Gasteiger partial charge in [0.1, 0.15) is 5.69 Å². The van der Waals surface area contributed by atoms with E-state index in [0.29, 0.717) is 18.5 Å². The predicted octanol–water partition coefficient (Wildman–Crippen LogP) is 3.55. The van der Waals surface area contributed by atoms with Crippen LogP contribution in [-0.4, -0.2) is 42.0 Å². The van der Waals surface area contributed by atoms with Gasteiger partial charge in [-0.3, -0.25) is 9.78 Å². The normalized spacial score (nSPS) is 19.7. The molecular formula is C16H22Cl2F3N3O. The van der Waals surface area contributed by atoms with Crippen LogP contribution in [0.5, 0.6) is 0 Å². The highest BCUT2D eigenvalue weighted by Crippen LogP contribution is 2.39. The second kappa shape index (κ2) is 8.56. The van der Waals surface area contributed by atoms with Crippen molar-refractivity contribution in [2.45, 2.75) is 31.9 Å². The summed E-state index contributed by atoms with van der Waals surface area (Å²) >= 11 is 0. The molecule has 0 saturated carbocycles. The second-order valence-electron chi connectivity index (χ2n) is 6.47. The van der Waals surface area contributed by atoms with E-state index >= 15 is 0 Å². The Morgan fingerprint density at radius 3 is 2.16 bits per heavy atom. The van der Waals surface area contributed by atoms with Gasteiger partial charge in [-0.25, -0.2) is 0 Å². The molecule has 0 aromatic carbocycles. The SMILES string of the molecule is Cl.Cl.O=C(c1ccc(C(F)(F)F)cn1)N1CCC2(CCNCC2)CC1. The summed E-state index contributed by atoms with van der Waals surface area (Å²) in [6, 6.07) is 2.08. The van der Waals surface area contributed by atoms with Crippen molar-refractivity contribution in [1.82, 2.24) is 15.2 Å². The average Bonchev–Trinajstić information content (AvgIpc) is 2.55. The van der Waals surface area contributed by atoms with Crippen molar-refractivity contribution < 1.29 is 18.0 Å². The van der Waals surface area contributed by atoms with Gasteiger partial charge >= 0.3 is 6.18 Å². The lowest BCUT2D eigenvalue weighted by Crippen LogP contribution is -2.47. The molecule has 0 aliphatic carbocycles. The number of aromatic nitrogens is 1. The number of pyridine rings is 1. The topological polar surface area (TPSA) is 45.2 Å². The Balaban J connectivity index is 0.00000156. The largest absolute Gasteiger partial charge is 0.417 e. The molecule has 142 valence electrons. The van der Waals surface area contributed by atoms with Crippen molar-refractivity contribution in [3.8, 4) is 0 Å². The first-order valence-electron chi connectivity index (χ1n) is 7.93. The van der Waals surface area contributed by atoms with Crippen LogP contribution < -0.4 is 5.32 Å². The molecule has 4 nitrogen and oxygen atoms in total. The molecule has 0 atom stereocenters. The first kappa shape index (κ1) is 22.0. The summed E-state index contributed by atoms with van der Waals surface area (Å²) < 4.78 is 37.6. The molecule has 3 rings (SSSR count). The molecule has 25 heavy (non-hydrogen) atoms.